The molecule has 0 spiro atoms. The Morgan fingerprint density at radius 1 is 1.10 bits per heavy atom. The van der Waals surface area contributed by atoms with Crippen LogP contribution in [0, 0.1) is 0 Å². The fourth-order valence-electron chi connectivity index (χ4n) is 2.84. The van der Waals surface area contributed by atoms with Crippen molar-refractivity contribution in [3.63, 3.8) is 0 Å². The van der Waals surface area contributed by atoms with Crippen LogP contribution in [0.2, 0.25) is 5.02 Å². The Hall–Kier alpha value is -1.98. The highest BCUT2D eigenvalue weighted by Gasteiger charge is 2.36. The van der Waals surface area contributed by atoms with Gasteiger partial charge in [0.1, 0.15) is 6.23 Å². The van der Waals surface area contributed by atoms with E-state index in [-0.39, 0.29) is 31.1 Å². The van der Waals surface area contributed by atoms with E-state index in [1.165, 1.54) is 12.1 Å². The molecule has 30 heavy (non-hydrogen) atoms. The van der Waals surface area contributed by atoms with E-state index < -0.39 is 28.1 Å². The second-order valence-electron chi connectivity index (χ2n) is 6.38. The van der Waals surface area contributed by atoms with Gasteiger partial charge in [-0.15, -0.1) is 0 Å². The summed E-state index contributed by atoms with van der Waals surface area (Å²) in [7, 11) is -3.80. The maximum atomic E-state index is 12.9. The van der Waals surface area contributed by atoms with Crippen LogP contribution in [0.5, 0.6) is 0 Å². The van der Waals surface area contributed by atoms with Crippen LogP contribution in [-0.2, 0) is 30.9 Å². The molecule has 2 amide bonds. The Bertz CT molecular complexity index is 1030. The molecule has 0 aliphatic carbocycles. The number of rotatable bonds is 6. The summed E-state index contributed by atoms with van der Waals surface area (Å²) in [4.78, 5) is 24.2. The third-order valence-corrected chi connectivity index (χ3v) is 7.20. The lowest BCUT2D eigenvalue weighted by Crippen LogP contribution is -2.47. The van der Waals surface area contributed by atoms with Gasteiger partial charge in [0, 0.05) is 22.6 Å². The summed E-state index contributed by atoms with van der Waals surface area (Å²) in [5.41, 5.74) is 0.672. The molecule has 0 bridgehead atoms. The standard InChI is InChI=1S/C19H19BrClN3O5S/c20-14-5-7-15(8-6-14)30(27,28)24-9-10-29-17(24)12-23-19(26)18(25)22-11-13-3-1-2-4-16(13)21/h1-8,17H,9-12H2,(H,22,25)(H,23,26)/t17-/m1/s1. The molecule has 2 aromatic rings. The van der Waals surface area contributed by atoms with Gasteiger partial charge in [0.2, 0.25) is 10.0 Å². The van der Waals surface area contributed by atoms with Gasteiger partial charge in [0.05, 0.1) is 18.0 Å². The highest BCUT2D eigenvalue weighted by molar-refractivity contribution is 9.10. The number of hydrogen-bond acceptors (Lipinski definition) is 5. The fraction of sp³-hybridized carbons (Fsp3) is 0.263. The number of nitrogens with one attached hydrogen (secondary N) is 2. The lowest BCUT2D eigenvalue weighted by Gasteiger charge is -2.22. The van der Waals surface area contributed by atoms with Crippen molar-refractivity contribution in [3.05, 3.63) is 63.6 Å². The molecule has 0 radical (unpaired) electrons. The lowest BCUT2D eigenvalue weighted by atomic mass is 10.2. The van der Waals surface area contributed by atoms with Gasteiger partial charge in [0.15, 0.2) is 0 Å². The highest BCUT2D eigenvalue weighted by Crippen LogP contribution is 2.23. The summed E-state index contributed by atoms with van der Waals surface area (Å²) < 4.78 is 33.1. The number of amides is 2. The zero-order valence-corrected chi connectivity index (χ0v) is 18.8. The second kappa shape index (κ2) is 9.88. The third kappa shape index (κ3) is 5.38. The Morgan fingerprint density at radius 3 is 2.47 bits per heavy atom. The molecule has 2 aromatic carbocycles. The number of nitrogens with zero attached hydrogens (tertiary/aromatic N) is 1. The normalized spacial score (nSPS) is 16.9. The van der Waals surface area contributed by atoms with Gasteiger partial charge in [-0.25, -0.2) is 8.42 Å². The number of ether oxygens (including phenoxy) is 1. The zero-order valence-electron chi connectivity index (χ0n) is 15.7. The molecule has 1 heterocycles. The molecule has 1 fully saturated rings. The Labute approximate surface area is 187 Å². The molecule has 0 aromatic heterocycles. The van der Waals surface area contributed by atoms with Gasteiger partial charge in [-0.05, 0) is 35.9 Å². The number of halogens is 2. The van der Waals surface area contributed by atoms with Crippen molar-refractivity contribution in [2.24, 2.45) is 0 Å². The van der Waals surface area contributed by atoms with Crippen LogP contribution < -0.4 is 10.6 Å². The predicted octanol–water partition coefficient (Wildman–Crippen LogP) is 1.88. The first-order chi connectivity index (χ1) is 14.3. The lowest BCUT2D eigenvalue weighted by molar-refractivity contribution is -0.139. The molecule has 1 atom stereocenters. The Morgan fingerprint density at radius 2 is 1.77 bits per heavy atom. The minimum Gasteiger partial charge on any atom is -0.359 e. The predicted molar refractivity (Wildman–Crippen MR) is 114 cm³/mol. The van der Waals surface area contributed by atoms with Crippen LogP contribution in [0.25, 0.3) is 0 Å². The van der Waals surface area contributed by atoms with E-state index in [4.69, 9.17) is 16.3 Å². The van der Waals surface area contributed by atoms with Crippen molar-refractivity contribution in [1.82, 2.24) is 14.9 Å². The van der Waals surface area contributed by atoms with Gasteiger partial charge in [-0.1, -0.05) is 45.7 Å². The van der Waals surface area contributed by atoms with Gasteiger partial charge in [-0.3, -0.25) is 9.59 Å². The van der Waals surface area contributed by atoms with Crippen LogP contribution in [0.15, 0.2) is 57.9 Å². The van der Waals surface area contributed by atoms with Gasteiger partial charge >= 0.3 is 11.8 Å². The Kier molecular flexibility index (Phi) is 7.48. The fourth-order valence-corrected chi connectivity index (χ4v) is 4.82. The first-order valence-corrected chi connectivity index (χ1v) is 11.6. The SMILES string of the molecule is O=C(NCc1ccccc1Cl)C(=O)NC[C@H]1OCCN1S(=O)(=O)c1ccc(Br)cc1. The topological polar surface area (TPSA) is 105 Å². The van der Waals surface area contributed by atoms with Crippen LogP contribution in [0.4, 0.5) is 0 Å². The van der Waals surface area contributed by atoms with Crippen molar-refractivity contribution in [2.45, 2.75) is 17.7 Å². The van der Waals surface area contributed by atoms with E-state index in [1.807, 2.05) is 0 Å². The Balaban J connectivity index is 1.56. The van der Waals surface area contributed by atoms with Gasteiger partial charge < -0.3 is 15.4 Å². The maximum absolute atomic E-state index is 12.9. The minimum absolute atomic E-state index is 0.0932. The van der Waals surface area contributed by atoms with E-state index in [2.05, 4.69) is 26.6 Å². The summed E-state index contributed by atoms with van der Waals surface area (Å²) in [6, 6.07) is 13.2. The van der Waals surface area contributed by atoms with E-state index in [0.717, 1.165) is 8.78 Å². The summed E-state index contributed by atoms with van der Waals surface area (Å²) >= 11 is 9.29. The summed E-state index contributed by atoms with van der Waals surface area (Å²) in [6.45, 7) is 0.274. The molecule has 8 nitrogen and oxygen atoms in total. The molecule has 1 aliphatic heterocycles. The van der Waals surface area contributed by atoms with Crippen molar-refractivity contribution in [1.29, 1.82) is 0 Å². The van der Waals surface area contributed by atoms with Crippen molar-refractivity contribution in [3.8, 4) is 0 Å². The number of hydrogen-bond donors (Lipinski definition) is 2. The molecule has 3 rings (SSSR count). The third-order valence-electron chi connectivity index (χ3n) is 4.40. The summed E-state index contributed by atoms with van der Waals surface area (Å²) in [6.07, 6.45) is -0.904. The molecule has 1 aliphatic rings. The molecule has 0 unspecified atom stereocenters. The molecule has 0 saturated carbocycles. The number of sulfonamides is 1. The van der Waals surface area contributed by atoms with Crippen molar-refractivity contribution in [2.75, 3.05) is 19.7 Å². The number of carbonyl (C=O) groups is 2. The first-order valence-electron chi connectivity index (χ1n) is 8.97. The number of carbonyl (C=O) groups excluding carboxylic acids is 2. The maximum Gasteiger partial charge on any atom is 0.309 e. The van der Waals surface area contributed by atoms with Crippen molar-refractivity contribution < 1.29 is 22.7 Å². The van der Waals surface area contributed by atoms with Gasteiger partial charge in [-0.2, -0.15) is 4.31 Å². The van der Waals surface area contributed by atoms with Crippen LogP contribution >= 0.6 is 27.5 Å². The zero-order chi connectivity index (χ0) is 21.7. The molecular formula is C19H19BrClN3O5S. The average Bonchev–Trinajstić information content (AvgIpc) is 3.21. The molecule has 11 heteroatoms. The van der Waals surface area contributed by atoms with E-state index in [1.54, 1.807) is 36.4 Å². The average molecular weight is 517 g/mol. The van der Waals surface area contributed by atoms with Crippen molar-refractivity contribution >= 4 is 49.4 Å². The minimum atomic E-state index is -3.80. The number of benzene rings is 2. The molecular weight excluding hydrogens is 498 g/mol. The summed E-state index contributed by atoms with van der Waals surface area (Å²) in [5, 5.41) is 5.37. The largest absolute Gasteiger partial charge is 0.359 e. The smallest absolute Gasteiger partial charge is 0.309 e. The van der Waals surface area contributed by atoms with Gasteiger partial charge in [0.25, 0.3) is 0 Å². The second-order valence-corrected chi connectivity index (χ2v) is 9.59. The monoisotopic (exact) mass is 515 g/mol. The molecule has 1 saturated heterocycles. The van der Waals surface area contributed by atoms with E-state index in [9.17, 15) is 18.0 Å². The quantitative estimate of drug-likeness (QED) is 0.571. The van der Waals surface area contributed by atoms with Crippen LogP contribution in [0.3, 0.4) is 0 Å². The van der Waals surface area contributed by atoms with Crippen LogP contribution in [-0.4, -0.2) is 50.5 Å². The van der Waals surface area contributed by atoms with E-state index >= 15 is 0 Å². The molecule has 2 N–H and O–H groups in total. The first kappa shape index (κ1) is 22.7. The van der Waals surface area contributed by atoms with Crippen LogP contribution in [0.1, 0.15) is 5.56 Å². The highest BCUT2D eigenvalue weighted by atomic mass is 79.9. The molecule has 160 valence electrons. The van der Waals surface area contributed by atoms with E-state index in [0.29, 0.717) is 10.6 Å². The summed E-state index contributed by atoms with van der Waals surface area (Å²) in [5.74, 6) is -1.74.